The predicted octanol–water partition coefficient (Wildman–Crippen LogP) is 14.2. The van der Waals surface area contributed by atoms with Gasteiger partial charge in [0.1, 0.15) is 33.4 Å². The van der Waals surface area contributed by atoms with Crippen molar-refractivity contribution in [3.8, 4) is 68.9 Å². The molecule has 13 heterocycles. The fraction of sp³-hybridized carbons (Fsp3) is 0.291. The monoisotopic (exact) mass is 1860 g/mol. The lowest BCUT2D eigenvalue weighted by molar-refractivity contribution is -0.135. The van der Waals surface area contributed by atoms with Gasteiger partial charge in [-0.1, -0.05) is 42.3 Å². The molecule has 6 amide bonds. The number of likely N-dealkylation sites (N-methyl/N-ethyl adjacent to an activating group) is 1. The zero-order valence-electron chi connectivity index (χ0n) is 75.6. The lowest BCUT2D eigenvalue weighted by Crippen LogP contribution is -2.56. The van der Waals surface area contributed by atoms with Crippen LogP contribution < -0.4 is 16.0 Å². The third kappa shape index (κ3) is 20.2. The summed E-state index contributed by atoms with van der Waals surface area (Å²) in [4.78, 5) is 120. The summed E-state index contributed by atoms with van der Waals surface area (Å²) in [6, 6.07) is 50.4. The molecular weight excluding hydrogens is 1770 g/mol. The number of aromatic nitrogens is 12. The van der Waals surface area contributed by atoms with Crippen LogP contribution in [-0.2, 0) is 34.4 Å². The molecule has 137 heavy (non-hydrogen) atoms. The topological polar surface area (TPSA) is 345 Å². The van der Waals surface area contributed by atoms with E-state index < -0.39 is 28.1 Å². The molecule has 0 spiro atoms. The summed E-state index contributed by atoms with van der Waals surface area (Å²) in [5, 5.41) is 46.7. The van der Waals surface area contributed by atoms with E-state index in [0.29, 0.717) is 142 Å². The van der Waals surface area contributed by atoms with Gasteiger partial charge in [-0.15, -0.1) is 17.8 Å². The Labute approximate surface area is 791 Å². The van der Waals surface area contributed by atoms with Crippen LogP contribution in [0.5, 0.6) is 0 Å². The molecule has 4 saturated heterocycles. The fourth-order valence-electron chi connectivity index (χ4n) is 18.8. The first-order valence-electron chi connectivity index (χ1n) is 45.5. The van der Waals surface area contributed by atoms with Gasteiger partial charge in [0, 0.05) is 188 Å². The van der Waals surface area contributed by atoms with Crippen molar-refractivity contribution < 1.29 is 51.4 Å². The highest BCUT2D eigenvalue weighted by Crippen LogP contribution is 2.42. The Balaban J connectivity index is 0.000000137. The van der Waals surface area contributed by atoms with Gasteiger partial charge in [-0.2, -0.15) is 15.3 Å². The number of piperidine rings is 1. The van der Waals surface area contributed by atoms with E-state index in [0.717, 1.165) is 83.8 Å². The zero-order valence-corrected chi connectivity index (χ0v) is 76.4. The van der Waals surface area contributed by atoms with Crippen LogP contribution in [0.25, 0.3) is 100 Å². The first-order chi connectivity index (χ1) is 66.4. The molecule has 7 aromatic carbocycles. The van der Waals surface area contributed by atoms with Gasteiger partial charge in [0.2, 0.25) is 35.4 Å². The van der Waals surface area contributed by atoms with Gasteiger partial charge in [0.05, 0.1) is 70.5 Å². The summed E-state index contributed by atoms with van der Waals surface area (Å²) < 4.78 is 55.7. The zero-order chi connectivity index (χ0) is 95.1. The van der Waals surface area contributed by atoms with Crippen molar-refractivity contribution in [1.82, 2.24) is 94.8 Å². The molecule has 6 aliphatic rings. The number of amides is 6. The molecule has 0 saturated carbocycles. The largest absolute Gasteiger partial charge is 0.392 e. The van der Waals surface area contributed by atoms with Crippen LogP contribution in [0.2, 0.25) is 0 Å². The quantitative estimate of drug-likeness (QED) is 0.0245. The Kier molecular flexibility index (Phi) is 27.1. The van der Waals surface area contributed by atoms with Crippen molar-refractivity contribution in [3.63, 3.8) is 0 Å². The first kappa shape index (κ1) is 92.7. The number of aliphatic hydroxyl groups is 1. The molecule has 0 aliphatic carbocycles. The molecule has 6 aliphatic heterocycles. The first-order valence-corrected chi connectivity index (χ1v) is 46.3. The van der Waals surface area contributed by atoms with E-state index in [-0.39, 0.29) is 98.5 Å². The minimum atomic E-state index is -1.49. The molecular formula is C103H100F4N22O7S. The number of benzene rings is 7. The minimum Gasteiger partial charge on any atom is -0.392 e. The molecule has 4 fully saturated rings. The maximum absolute atomic E-state index is 15.3. The van der Waals surface area contributed by atoms with E-state index in [1.165, 1.54) is 53.3 Å². The Morgan fingerprint density at radius 1 is 0.474 bits per heavy atom. The van der Waals surface area contributed by atoms with Crippen LogP contribution in [0.15, 0.2) is 231 Å². The maximum atomic E-state index is 15.3. The molecule has 20 rings (SSSR count). The summed E-state index contributed by atoms with van der Waals surface area (Å²) >= 11 is 1.30. The number of aliphatic hydroxyl groups excluding tert-OH is 1. The molecule has 4 atom stereocenters. The summed E-state index contributed by atoms with van der Waals surface area (Å²) in [6.45, 7) is 7.67. The van der Waals surface area contributed by atoms with Crippen molar-refractivity contribution in [1.29, 1.82) is 0 Å². The molecule has 0 radical (unpaired) electrons. The van der Waals surface area contributed by atoms with Gasteiger partial charge in [0.25, 0.3) is 0 Å². The van der Waals surface area contributed by atoms with E-state index in [4.69, 9.17) is 6.42 Å². The summed E-state index contributed by atoms with van der Waals surface area (Å²) in [6.07, 6.45) is 22.7. The number of anilines is 3. The van der Waals surface area contributed by atoms with Crippen molar-refractivity contribution in [2.45, 2.75) is 69.2 Å². The number of H-pyrrole nitrogens is 3. The highest BCUT2D eigenvalue weighted by atomic mass is 32.1. The number of halogens is 4. The molecule has 34 heteroatoms. The van der Waals surface area contributed by atoms with E-state index in [1.807, 2.05) is 105 Å². The van der Waals surface area contributed by atoms with Crippen LogP contribution in [0, 0.1) is 40.6 Å². The standard InChI is InChI=1S/C37H36FN7O3.C36H36FN9O2.C30H28F2N6O2S/c1-24(46)37(36(48)41-30-11-12-32-31(21-30)34(43-42-32)27-7-9-29(38)10-8-27)15-20-44(23-37)22-33(47)45-18-13-26(14-19-45)25-3-5-28(6-4-25)35-39-16-2-17-40-35;1-44(2)36(35(48)41-28-9-11-31-29(20-28)33(43-42-31)25-4-7-27(37)8-5-25)14-19-45(23-36)22-32(47)46-17-12-24(13-18-46)30-10-6-26(21-40-30)34-38-15-3-16-39-34;1-2-29(9-13-37(19-29)18-25(39)38-14-10-30(32,11-15-38)28-33-12-16-41-28)27(40)34-22-7-8-24-23(17-22)26(36-35-24)20-3-5-21(31)6-4-20/h2-13,16-17,21,24,46H,14-15,18-20,22-23H2,1H3,(H,41,48)(H,42,43);3-12,15-16,20-21H,13-14,17-19,22-23H2,1-2H3,(H,41,48)(H,42,43);1,3-8,12,16-17H,9-11,13-15,18-19H2,(H,34,40)(H,35,36)/t;36-;/m.1./s1. The van der Waals surface area contributed by atoms with Crippen LogP contribution >= 0.6 is 11.3 Å². The number of carbonyl (C=O) groups is 6. The number of carbonyl (C=O) groups excluding carboxylic acids is 6. The number of likely N-dealkylation sites (tertiary alicyclic amines) is 4. The second-order valence-corrected chi connectivity index (χ2v) is 36.6. The van der Waals surface area contributed by atoms with Crippen LogP contribution in [0.3, 0.4) is 0 Å². The average molecular weight is 1870 g/mol. The van der Waals surface area contributed by atoms with E-state index in [1.54, 1.807) is 115 Å². The predicted molar refractivity (Wildman–Crippen MR) is 517 cm³/mol. The smallest absolute Gasteiger partial charge is 0.246 e. The van der Waals surface area contributed by atoms with Gasteiger partial charge in [-0.3, -0.25) is 68.6 Å². The van der Waals surface area contributed by atoms with Gasteiger partial charge in [-0.05, 0) is 228 Å². The number of nitrogens with one attached hydrogen (secondary N) is 6. The van der Waals surface area contributed by atoms with Crippen molar-refractivity contribution >= 4 is 108 Å². The number of rotatable bonds is 22. The highest BCUT2D eigenvalue weighted by Gasteiger charge is 2.51. The van der Waals surface area contributed by atoms with E-state index in [2.05, 4.69) is 112 Å². The minimum absolute atomic E-state index is 0.00223. The average Bonchev–Trinajstić information content (AvgIpc) is 1.63. The number of pyridine rings is 1. The van der Waals surface area contributed by atoms with E-state index in [9.17, 15) is 47.0 Å². The number of hydrogen-bond acceptors (Lipinski definition) is 21. The number of fused-ring (bicyclic) bond motifs is 3. The Morgan fingerprint density at radius 3 is 1.37 bits per heavy atom. The number of hydrogen-bond donors (Lipinski definition) is 7. The van der Waals surface area contributed by atoms with Crippen LogP contribution in [0.4, 0.5) is 34.6 Å². The van der Waals surface area contributed by atoms with Gasteiger partial charge < -0.3 is 35.8 Å². The molecule has 3 unspecified atom stereocenters. The highest BCUT2D eigenvalue weighted by molar-refractivity contribution is 7.09. The second kappa shape index (κ2) is 40.1. The Hall–Kier alpha value is -14.7. The second-order valence-electron chi connectivity index (χ2n) is 35.7. The third-order valence-corrected chi connectivity index (χ3v) is 28.0. The molecule has 7 N–H and O–H groups in total. The number of nitrogens with zero attached hydrogens (tertiary/aromatic N) is 16. The normalized spacial score (nSPS) is 19.2. The van der Waals surface area contributed by atoms with Gasteiger partial charge in [0.15, 0.2) is 17.3 Å². The third-order valence-electron chi connectivity index (χ3n) is 27.0. The molecule has 7 aromatic heterocycles. The lowest BCUT2D eigenvalue weighted by atomic mass is 9.80. The fourth-order valence-corrected chi connectivity index (χ4v) is 19.6. The van der Waals surface area contributed by atoms with Crippen molar-refractivity contribution in [2.24, 2.45) is 10.8 Å². The van der Waals surface area contributed by atoms with Crippen LogP contribution in [0.1, 0.15) is 68.1 Å². The Bertz CT molecular complexity index is 6590. The van der Waals surface area contributed by atoms with Gasteiger partial charge >= 0.3 is 0 Å². The number of thiazole rings is 1. The van der Waals surface area contributed by atoms with E-state index >= 15 is 4.39 Å². The van der Waals surface area contributed by atoms with Gasteiger partial charge in [-0.25, -0.2) is 42.5 Å². The summed E-state index contributed by atoms with van der Waals surface area (Å²) in [5.74, 6) is 2.24. The number of alkyl halides is 1. The van der Waals surface area contributed by atoms with Crippen LogP contribution in [-0.4, -0.2) is 259 Å². The molecule has 0 bridgehead atoms. The number of aromatic amines is 3. The molecule has 14 aromatic rings. The Morgan fingerprint density at radius 2 is 0.912 bits per heavy atom. The molecule has 29 nitrogen and oxygen atoms in total. The van der Waals surface area contributed by atoms with Crippen molar-refractivity contribution in [3.05, 3.63) is 264 Å². The summed E-state index contributed by atoms with van der Waals surface area (Å²) in [7, 11) is 3.81. The summed E-state index contributed by atoms with van der Waals surface area (Å²) in [5.41, 5.74) is 10.0. The SMILES string of the molecule is C#CC1(C(=O)Nc2ccc3[nH]nc(-c4ccc(F)cc4)c3c2)CCN(CC(=O)N2CCC(F)(c3nccs3)CC2)C1.CC(O)C1(C(=O)Nc2ccc3[nH]nc(-c4ccc(F)cc4)c3c2)CCN(CC(=O)N2CC=C(c3ccc(-c4ncccn4)cc3)CC2)C1.CN(C)[C@]1(C(=O)Nc2ccc3[nH]nc(-c4ccc(F)cc4)c3c2)CCN(CC(=O)N2CC=C(c3ccc(-c4ncccn4)cn3)CC2)C1. The number of terminal acetylenes is 1. The molecule has 698 valence electrons. The maximum Gasteiger partial charge on any atom is 0.246 e. The lowest BCUT2D eigenvalue weighted by Gasteiger charge is -2.36. The van der Waals surface area contributed by atoms with Crippen molar-refractivity contribution in [2.75, 3.05) is 128 Å².